The third-order valence-electron chi connectivity index (χ3n) is 5.91. The largest absolute Gasteiger partial charge is 0.490 e. The van der Waals surface area contributed by atoms with Crippen molar-refractivity contribution in [3.8, 4) is 0 Å². The summed E-state index contributed by atoms with van der Waals surface area (Å²) in [6.07, 6.45) is -5.08. The molecule has 4 rings (SSSR count). The van der Waals surface area contributed by atoms with E-state index in [0.29, 0.717) is 12.2 Å². The number of carbonyl (C=O) groups is 2. The second-order valence-corrected chi connectivity index (χ2v) is 9.33. The number of hydrogen-bond donors (Lipinski definition) is 3. The van der Waals surface area contributed by atoms with Crippen LogP contribution in [0, 0.1) is 6.92 Å². The van der Waals surface area contributed by atoms with E-state index in [4.69, 9.17) is 26.5 Å². The minimum Gasteiger partial charge on any atom is -0.478 e. The van der Waals surface area contributed by atoms with E-state index in [9.17, 15) is 23.1 Å². The van der Waals surface area contributed by atoms with Crippen molar-refractivity contribution >= 4 is 40.9 Å². The number of aromatic carboxylic acids is 1. The first-order chi connectivity index (χ1) is 18.9. The Labute approximate surface area is 234 Å². The summed E-state index contributed by atoms with van der Waals surface area (Å²) in [7, 11) is 0. The molecule has 1 saturated heterocycles. The quantitative estimate of drug-likeness (QED) is 0.261. The van der Waals surface area contributed by atoms with E-state index < -0.39 is 18.1 Å². The lowest BCUT2D eigenvalue weighted by Gasteiger charge is -2.37. The molecular formula is C28H28ClF3N4O4. The van der Waals surface area contributed by atoms with E-state index in [2.05, 4.69) is 46.3 Å². The molecule has 212 valence electrons. The van der Waals surface area contributed by atoms with Crippen LogP contribution in [-0.4, -0.2) is 65.4 Å². The first kappa shape index (κ1) is 30.3. The van der Waals surface area contributed by atoms with Gasteiger partial charge in [0, 0.05) is 42.6 Å². The zero-order valence-corrected chi connectivity index (χ0v) is 22.3. The second-order valence-electron chi connectivity index (χ2n) is 8.89. The maximum absolute atomic E-state index is 11.4. The van der Waals surface area contributed by atoms with E-state index in [0.717, 1.165) is 48.4 Å². The minimum atomic E-state index is -5.08. The van der Waals surface area contributed by atoms with Gasteiger partial charge in [-0.15, -0.1) is 0 Å². The number of nitrogens with one attached hydrogen (secondary N) is 1. The van der Waals surface area contributed by atoms with Crippen LogP contribution in [0.5, 0.6) is 0 Å². The van der Waals surface area contributed by atoms with Gasteiger partial charge >= 0.3 is 18.1 Å². The second kappa shape index (κ2) is 13.7. The lowest BCUT2D eigenvalue weighted by molar-refractivity contribution is -0.192. The van der Waals surface area contributed by atoms with Crippen molar-refractivity contribution in [2.24, 2.45) is 4.99 Å². The molecule has 0 bridgehead atoms. The molecule has 1 heterocycles. The molecule has 3 N–H and O–H groups in total. The normalized spacial score (nSPS) is 13.8. The Morgan fingerprint density at radius 3 is 2.10 bits per heavy atom. The molecule has 0 spiro atoms. The van der Waals surface area contributed by atoms with E-state index in [1.807, 2.05) is 30.3 Å². The molecule has 1 aliphatic heterocycles. The van der Waals surface area contributed by atoms with Crippen LogP contribution in [0.3, 0.4) is 0 Å². The highest BCUT2D eigenvalue weighted by atomic mass is 35.5. The van der Waals surface area contributed by atoms with Gasteiger partial charge < -0.3 is 25.3 Å². The van der Waals surface area contributed by atoms with Crippen molar-refractivity contribution in [1.29, 1.82) is 0 Å². The number of piperazine rings is 1. The van der Waals surface area contributed by atoms with E-state index in [1.54, 1.807) is 18.2 Å². The SMILES string of the molecule is Cc1ccc(CN=C(Nc2cccc(C(=O)O)c2)N2CCN(c3ccc(Cl)cc3)CC2)cc1.O=C(O)C(F)(F)F. The van der Waals surface area contributed by atoms with Crippen molar-refractivity contribution in [2.45, 2.75) is 19.6 Å². The third kappa shape index (κ3) is 9.19. The van der Waals surface area contributed by atoms with Gasteiger partial charge in [-0.1, -0.05) is 47.5 Å². The zero-order valence-electron chi connectivity index (χ0n) is 21.5. The van der Waals surface area contributed by atoms with E-state index >= 15 is 0 Å². The maximum Gasteiger partial charge on any atom is 0.490 e. The number of nitrogens with zero attached hydrogens (tertiary/aromatic N) is 3. The highest BCUT2D eigenvalue weighted by Gasteiger charge is 2.38. The molecule has 0 aromatic heterocycles. The van der Waals surface area contributed by atoms with E-state index in [1.165, 1.54) is 5.56 Å². The average molecular weight is 577 g/mol. The molecule has 0 radical (unpaired) electrons. The number of aliphatic carboxylic acids is 1. The Hall–Kier alpha value is -4.25. The lowest BCUT2D eigenvalue weighted by Crippen LogP contribution is -2.50. The first-order valence-electron chi connectivity index (χ1n) is 12.2. The Morgan fingerprint density at radius 2 is 1.55 bits per heavy atom. The van der Waals surface area contributed by atoms with Crippen molar-refractivity contribution in [2.75, 3.05) is 36.4 Å². The third-order valence-corrected chi connectivity index (χ3v) is 6.16. The maximum atomic E-state index is 11.4. The van der Waals surface area contributed by atoms with Crippen molar-refractivity contribution < 1.29 is 33.0 Å². The fraction of sp³-hybridized carbons (Fsp3) is 0.250. The standard InChI is InChI=1S/C26H27ClN4O2.C2HF3O2/c1-19-5-7-20(8-6-19)18-28-26(29-23-4-2-3-21(17-23)25(32)33)31-15-13-30(14-16-31)24-11-9-22(27)10-12-24;3-2(4,5)1(6)7/h2-12,17H,13-16,18H2,1H3,(H,28,29)(H,32,33);(H,6,7). The van der Waals surface area contributed by atoms with Crippen LogP contribution >= 0.6 is 11.6 Å². The summed E-state index contributed by atoms with van der Waals surface area (Å²) in [4.78, 5) is 29.7. The van der Waals surface area contributed by atoms with Crippen LogP contribution in [-0.2, 0) is 11.3 Å². The highest BCUT2D eigenvalue weighted by molar-refractivity contribution is 6.30. The Balaban J connectivity index is 0.000000559. The average Bonchev–Trinajstić information content (AvgIpc) is 2.92. The molecule has 0 saturated carbocycles. The molecular weight excluding hydrogens is 549 g/mol. The number of benzene rings is 3. The number of carboxylic acids is 2. The van der Waals surface area contributed by atoms with Gasteiger partial charge in [-0.25, -0.2) is 14.6 Å². The van der Waals surface area contributed by atoms with Gasteiger partial charge in [-0.3, -0.25) is 0 Å². The van der Waals surface area contributed by atoms with Crippen LogP contribution in [0.2, 0.25) is 5.02 Å². The molecule has 40 heavy (non-hydrogen) atoms. The molecule has 0 aliphatic carbocycles. The molecule has 1 aliphatic rings. The summed E-state index contributed by atoms with van der Waals surface area (Å²) in [6.45, 7) is 5.89. The summed E-state index contributed by atoms with van der Waals surface area (Å²) >= 11 is 6.03. The van der Waals surface area contributed by atoms with Gasteiger partial charge in [0.15, 0.2) is 5.96 Å². The first-order valence-corrected chi connectivity index (χ1v) is 12.6. The highest BCUT2D eigenvalue weighted by Crippen LogP contribution is 2.20. The number of guanidine groups is 1. The molecule has 8 nitrogen and oxygen atoms in total. The van der Waals surface area contributed by atoms with Crippen LogP contribution in [0.1, 0.15) is 21.5 Å². The summed E-state index contributed by atoms with van der Waals surface area (Å²) in [5, 5.41) is 20.6. The number of carboxylic acid groups (broad SMARTS) is 2. The Kier molecular flexibility index (Phi) is 10.4. The van der Waals surface area contributed by atoms with Gasteiger partial charge in [0.1, 0.15) is 0 Å². The summed E-state index contributed by atoms with van der Waals surface area (Å²) in [5.74, 6) is -2.96. The molecule has 3 aromatic carbocycles. The smallest absolute Gasteiger partial charge is 0.478 e. The summed E-state index contributed by atoms with van der Waals surface area (Å²) < 4.78 is 31.7. The van der Waals surface area contributed by atoms with Crippen LogP contribution in [0.4, 0.5) is 24.5 Å². The van der Waals surface area contributed by atoms with Crippen molar-refractivity contribution in [1.82, 2.24) is 4.90 Å². The number of rotatable bonds is 5. The van der Waals surface area contributed by atoms with Gasteiger partial charge in [-0.2, -0.15) is 13.2 Å². The van der Waals surface area contributed by atoms with Crippen molar-refractivity contribution in [3.63, 3.8) is 0 Å². The predicted molar refractivity (Wildman–Crippen MR) is 148 cm³/mol. The van der Waals surface area contributed by atoms with Crippen LogP contribution < -0.4 is 10.2 Å². The number of alkyl halides is 3. The topological polar surface area (TPSA) is 105 Å². The van der Waals surface area contributed by atoms with Crippen LogP contribution in [0.15, 0.2) is 77.8 Å². The van der Waals surface area contributed by atoms with Crippen molar-refractivity contribution in [3.05, 3.63) is 94.5 Å². The fourth-order valence-corrected chi connectivity index (χ4v) is 3.89. The van der Waals surface area contributed by atoms with Gasteiger partial charge in [0.25, 0.3) is 0 Å². The Bertz CT molecular complexity index is 1320. The molecule has 0 amide bonds. The Morgan fingerprint density at radius 1 is 0.950 bits per heavy atom. The number of anilines is 2. The van der Waals surface area contributed by atoms with E-state index in [-0.39, 0.29) is 5.56 Å². The molecule has 12 heteroatoms. The molecule has 0 atom stereocenters. The molecule has 0 unspecified atom stereocenters. The number of aryl methyl sites for hydroxylation is 1. The number of aliphatic imine (C=N–C) groups is 1. The van der Waals surface area contributed by atoms with Gasteiger partial charge in [-0.05, 0) is 55.0 Å². The number of halogens is 4. The lowest BCUT2D eigenvalue weighted by atomic mass is 10.1. The van der Waals surface area contributed by atoms with Gasteiger partial charge in [0.2, 0.25) is 0 Å². The number of hydrogen-bond acceptors (Lipinski definition) is 4. The monoisotopic (exact) mass is 576 g/mol. The zero-order chi connectivity index (χ0) is 29.3. The predicted octanol–water partition coefficient (Wildman–Crippen LogP) is 5.77. The summed E-state index contributed by atoms with van der Waals surface area (Å²) in [5.41, 5.74) is 4.44. The van der Waals surface area contributed by atoms with Gasteiger partial charge in [0.05, 0.1) is 12.1 Å². The summed E-state index contributed by atoms with van der Waals surface area (Å²) in [6, 6.07) is 23.1. The van der Waals surface area contributed by atoms with Crippen LogP contribution in [0.25, 0.3) is 0 Å². The molecule has 1 fully saturated rings. The minimum absolute atomic E-state index is 0.241. The fourth-order valence-electron chi connectivity index (χ4n) is 3.77. The molecule has 3 aromatic rings.